The summed E-state index contributed by atoms with van der Waals surface area (Å²) in [7, 11) is 1.80. The summed E-state index contributed by atoms with van der Waals surface area (Å²) >= 11 is 0. The fourth-order valence-electron chi connectivity index (χ4n) is 2.64. The lowest BCUT2D eigenvalue weighted by atomic mass is 9.90. The van der Waals surface area contributed by atoms with E-state index in [0.717, 1.165) is 16.9 Å². The largest absolute Gasteiger partial charge is 0.369 e. The number of carbonyl (C=O) groups excluding carboxylic acids is 3. The first-order valence-electron chi connectivity index (χ1n) is 6.20. The van der Waals surface area contributed by atoms with Gasteiger partial charge in [0.15, 0.2) is 0 Å². The molecule has 1 aromatic rings. The molecular weight excluding hydrogens is 260 g/mol. The molecule has 2 aliphatic heterocycles. The number of para-hydroxylation sites is 1. The molecule has 104 valence electrons. The maximum absolute atomic E-state index is 12.2. The Morgan fingerprint density at radius 1 is 1.15 bits per heavy atom. The van der Waals surface area contributed by atoms with Crippen molar-refractivity contribution in [3.05, 3.63) is 23.8 Å². The molecule has 7 nitrogen and oxygen atoms in total. The number of imide groups is 2. The van der Waals surface area contributed by atoms with E-state index in [9.17, 15) is 14.4 Å². The topological polar surface area (TPSA) is 90.5 Å². The van der Waals surface area contributed by atoms with Gasteiger partial charge in [0.1, 0.15) is 0 Å². The highest BCUT2D eigenvalue weighted by Crippen LogP contribution is 2.36. The van der Waals surface area contributed by atoms with Crippen LogP contribution in [0.15, 0.2) is 18.2 Å². The van der Waals surface area contributed by atoms with Crippen LogP contribution in [-0.2, 0) is 9.59 Å². The zero-order valence-corrected chi connectivity index (χ0v) is 11.1. The van der Waals surface area contributed by atoms with Crippen molar-refractivity contribution in [3.63, 3.8) is 0 Å². The van der Waals surface area contributed by atoms with Crippen LogP contribution < -0.4 is 20.9 Å². The molecule has 0 saturated carbocycles. The summed E-state index contributed by atoms with van der Waals surface area (Å²) in [6.07, 6.45) is 0. The molecule has 7 heteroatoms. The van der Waals surface area contributed by atoms with Crippen molar-refractivity contribution < 1.29 is 14.4 Å². The molecular formula is C13H14N4O3. The fraction of sp³-hybridized carbons (Fsp3) is 0.308. The second kappa shape index (κ2) is 3.96. The van der Waals surface area contributed by atoms with Crippen molar-refractivity contribution in [3.8, 4) is 0 Å². The molecule has 20 heavy (non-hydrogen) atoms. The van der Waals surface area contributed by atoms with Crippen LogP contribution in [0.1, 0.15) is 5.56 Å². The van der Waals surface area contributed by atoms with Crippen LogP contribution in [0.2, 0.25) is 0 Å². The van der Waals surface area contributed by atoms with E-state index in [1.165, 1.54) is 0 Å². The van der Waals surface area contributed by atoms with Gasteiger partial charge in [-0.3, -0.25) is 20.2 Å². The fourth-order valence-corrected chi connectivity index (χ4v) is 2.64. The summed E-state index contributed by atoms with van der Waals surface area (Å²) in [5.41, 5.74) is 1.07. The second-order valence-electron chi connectivity index (χ2n) is 5.09. The maximum atomic E-state index is 12.2. The molecule has 2 aliphatic rings. The van der Waals surface area contributed by atoms with Crippen molar-refractivity contribution in [1.29, 1.82) is 0 Å². The van der Waals surface area contributed by atoms with Crippen LogP contribution in [0.4, 0.5) is 16.2 Å². The number of amides is 4. The summed E-state index contributed by atoms with van der Waals surface area (Å²) in [4.78, 5) is 37.4. The van der Waals surface area contributed by atoms with E-state index >= 15 is 0 Å². The molecule has 4 amide bonds. The van der Waals surface area contributed by atoms with Crippen LogP contribution in [-0.4, -0.2) is 37.0 Å². The molecule has 3 N–H and O–H groups in total. The number of fused-ring (bicyclic) bond motifs is 1. The Kier molecular flexibility index (Phi) is 2.47. The van der Waals surface area contributed by atoms with Gasteiger partial charge in [0.2, 0.25) is 5.54 Å². The van der Waals surface area contributed by atoms with Crippen LogP contribution >= 0.6 is 0 Å². The highest BCUT2D eigenvalue weighted by atomic mass is 16.2. The normalized spacial score (nSPS) is 20.1. The minimum absolute atomic E-state index is 0.147. The zero-order valence-electron chi connectivity index (χ0n) is 11.1. The minimum Gasteiger partial charge on any atom is -0.369 e. The Balaban J connectivity index is 2.10. The number of aryl methyl sites for hydroxylation is 1. The van der Waals surface area contributed by atoms with E-state index < -0.39 is 23.4 Å². The third kappa shape index (κ3) is 1.56. The number of hydrogen-bond donors (Lipinski definition) is 3. The number of rotatable bonds is 0. The van der Waals surface area contributed by atoms with Gasteiger partial charge in [-0.2, -0.15) is 0 Å². The van der Waals surface area contributed by atoms with E-state index in [4.69, 9.17) is 0 Å². The molecule has 0 radical (unpaired) electrons. The summed E-state index contributed by atoms with van der Waals surface area (Å²) < 4.78 is 0. The Morgan fingerprint density at radius 2 is 1.80 bits per heavy atom. The molecule has 0 atom stereocenters. The third-order valence-electron chi connectivity index (χ3n) is 3.70. The lowest BCUT2D eigenvalue weighted by Gasteiger charge is -2.43. The van der Waals surface area contributed by atoms with Gasteiger partial charge >= 0.3 is 6.03 Å². The van der Waals surface area contributed by atoms with Gasteiger partial charge in [-0.25, -0.2) is 4.79 Å². The number of anilines is 2. The maximum Gasteiger partial charge on any atom is 0.328 e. The molecule has 1 spiro atoms. The molecule has 1 saturated heterocycles. The molecule has 3 rings (SSSR count). The van der Waals surface area contributed by atoms with E-state index in [0.29, 0.717) is 0 Å². The number of nitrogens with one attached hydrogen (secondary N) is 3. The van der Waals surface area contributed by atoms with E-state index in [1.807, 2.05) is 30.0 Å². The quantitative estimate of drug-likeness (QED) is 0.578. The molecule has 0 aliphatic carbocycles. The Bertz CT molecular complexity index is 621. The van der Waals surface area contributed by atoms with Gasteiger partial charge in [0.25, 0.3) is 11.8 Å². The average Bonchev–Trinajstić information content (AvgIpc) is 2.37. The number of likely N-dealkylation sites (N-methyl/N-ethyl adjacent to an activating group) is 1. The second-order valence-corrected chi connectivity index (χ2v) is 5.09. The summed E-state index contributed by atoms with van der Waals surface area (Å²) in [6, 6.07) is 4.93. The average molecular weight is 274 g/mol. The van der Waals surface area contributed by atoms with Crippen LogP contribution in [0.25, 0.3) is 0 Å². The van der Waals surface area contributed by atoms with Crippen LogP contribution in [0, 0.1) is 6.92 Å². The predicted molar refractivity (Wildman–Crippen MR) is 72.5 cm³/mol. The molecule has 0 bridgehead atoms. The highest BCUT2D eigenvalue weighted by molar-refractivity contribution is 6.25. The predicted octanol–water partition coefficient (Wildman–Crippen LogP) is -0.0385. The van der Waals surface area contributed by atoms with E-state index in [2.05, 4.69) is 16.0 Å². The van der Waals surface area contributed by atoms with Gasteiger partial charge in [0.05, 0.1) is 17.9 Å². The number of urea groups is 1. The smallest absolute Gasteiger partial charge is 0.328 e. The van der Waals surface area contributed by atoms with Crippen molar-refractivity contribution in [2.75, 3.05) is 23.8 Å². The van der Waals surface area contributed by atoms with E-state index in [-0.39, 0.29) is 6.54 Å². The molecule has 2 heterocycles. The number of nitrogens with zero attached hydrogens (tertiary/aromatic N) is 1. The summed E-state index contributed by atoms with van der Waals surface area (Å²) in [5.74, 6) is -1.26. The lowest BCUT2D eigenvalue weighted by molar-refractivity contribution is -0.136. The number of hydrogen-bond acceptors (Lipinski definition) is 5. The van der Waals surface area contributed by atoms with E-state index in [1.54, 1.807) is 7.05 Å². The first-order chi connectivity index (χ1) is 9.44. The standard InChI is InChI=1S/C13H14N4O3/c1-7-4-3-5-8-9(7)16-13(6-17(8)2)10(18)14-12(20)15-11(13)19/h3-5,16H,6H2,1-2H3,(H2,14,15,18,19,20). The van der Waals surface area contributed by atoms with Crippen molar-refractivity contribution in [2.24, 2.45) is 0 Å². The molecule has 1 aromatic carbocycles. The van der Waals surface area contributed by atoms with Crippen molar-refractivity contribution in [1.82, 2.24) is 10.6 Å². The van der Waals surface area contributed by atoms with Gasteiger partial charge in [-0.15, -0.1) is 0 Å². The van der Waals surface area contributed by atoms with Crippen LogP contribution in [0.3, 0.4) is 0 Å². The van der Waals surface area contributed by atoms with Gasteiger partial charge in [-0.05, 0) is 18.6 Å². The van der Waals surface area contributed by atoms with Gasteiger partial charge in [-0.1, -0.05) is 12.1 Å². The number of carbonyl (C=O) groups is 3. The SMILES string of the molecule is Cc1cccc2c1NC1(CN2C)C(=O)NC(=O)NC1=O. The Morgan fingerprint density at radius 3 is 2.45 bits per heavy atom. The first-order valence-corrected chi connectivity index (χ1v) is 6.20. The van der Waals surface area contributed by atoms with Crippen molar-refractivity contribution in [2.45, 2.75) is 12.5 Å². The van der Waals surface area contributed by atoms with Gasteiger partial charge < -0.3 is 10.2 Å². The lowest BCUT2D eigenvalue weighted by Crippen LogP contribution is -2.74. The van der Waals surface area contributed by atoms with Gasteiger partial charge in [0, 0.05) is 7.05 Å². The number of benzene rings is 1. The molecule has 0 aromatic heterocycles. The van der Waals surface area contributed by atoms with Crippen molar-refractivity contribution >= 4 is 29.2 Å². The van der Waals surface area contributed by atoms with Crippen LogP contribution in [0.5, 0.6) is 0 Å². The zero-order chi connectivity index (χ0) is 14.5. The first kappa shape index (κ1) is 12.5. The highest BCUT2D eigenvalue weighted by Gasteiger charge is 2.53. The Hall–Kier alpha value is -2.57. The Labute approximate surface area is 115 Å². The molecule has 0 unspecified atom stereocenters. The monoisotopic (exact) mass is 274 g/mol. The minimum atomic E-state index is -1.48. The number of barbiturate groups is 1. The third-order valence-corrected chi connectivity index (χ3v) is 3.70. The molecule has 1 fully saturated rings. The summed E-state index contributed by atoms with van der Waals surface area (Å²) in [6.45, 7) is 2.04. The summed E-state index contributed by atoms with van der Waals surface area (Å²) in [5, 5.41) is 7.30.